The summed E-state index contributed by atoms with van der Waals surface area (Å²) < 4.78 is 50.4. The maximum Gasteiger partial charge on any atom is 0.405 e. The number of rotatable bonds is 5. The maximum atomic E-state index is 13.2. The predicted molar refractivity (Wildman–Crippen MR) is 67.7 cm³/mol. The average Bonchev–Trinajstić information content (AvgIpc) is 2.23. The third-order valence-corrected chi connectivity index (χ3v) is 2.57. The van der Waals surface area contributed by atoms with Crippen molar-refractivity contribution in [2.45, 2.75) is 32.6 Å². The summed E-state index contributed by atoms with van der Waals surface area (Å²) in [6.07, 6.45) is -4.29. The van der Waals surface area contributed by atoms with Crippen LogP contribution in [0.3, 0.4) is 0 Å². The van der Waals surface area contributed by atoms with Crippen molar-refractivity contribution < 1.29 is 17.6 Å². The molecule has 108 valence electrons. The molecule has 0 radical (unpaired) electrons. The van der Waals surface area contributed by atoms with Gasteiger partial charge in [0.15, 0.2) is 0 Å². The lowest BCUT2D eigenvalue weighted by Gasteiger charge is -2.24. The van der Waals surface area contributed by atoms with Gasteiger partial charge in [0.05, 0.1) is 0 Å². The Balaban J connectivity index is 2.92. The number of nitrogens with one attached hydrogen (secondary N) is 1. The second-order valence-corrected chi connectivity index (χ2v) is 4.78. The van der Waals surface area contributed by atoms with E-state index in [1.165, 1.54) is 25.2 Å². The molecule has 0 spiro atoms. The van der Waals surface area contributed by atoms with Gasteiger partial charge in [-0.05, 0) is 23.8 Å². The largest absolute Gasteiger partial charge is 0.405 e. The lowest BCUT2D eigenvalue weighted by Crippen LogP contribution is -2.32. The molecule has 0 unspecified atom stereocenters. The molecule has 1 aromatic rings. The number of hydrogen-bond acceptors (Lipinski definition) is 2. The van der Waals surface area contributed by atoms with Crippen molar-refractivity contribution in [1.29, 1.82) is 0 Å². The molecule has 0 bridgehead atoms. The normalized spacial score (nSPS) is 12.0. The summed E-state index contributed by atoms with van der Waals surface area (Å²) in [4.78, 5) is 1.08. The lowest BCUT2D eigenvalue weighted by molar-refractivity contribution is -0.119. The van der Waals surface area contributed by atoms with E-state index in [4.69, 9.17) is 0 Å². The minimum absolute atomic E-state index is 0.170. The fourth-order valence-corrected chi connectivity index (χ4v) is 1.74. The van der Waals surface area contributed by atoms with Gasteiger partial charge in [0.1, 0.15) is 12.4 Å². The van der Waals surface area contributed by atoms with E-state index in [9.17, 15) is 17.6 Å². The monoisotopic (exact) mass is 278 g/mol. The molecule has 0 aliphatic carbocycles. The van der Waals surface area contributed by atoms with Crippen LogP contribution in [0.2, 0.25) is 0 Å². The molecule has 19 heavy (non-hydrogen) atoms. The third kappa shape index (κ3) is 5.46. The first-order chi connectivity index (χ1) is 8.69. The lowest BCUT2D eigenvalue weighted by atomic mass is 10.1. The molecular formula is C13H18F4N2. The maximum absolute atomic E-state index is 13.2. The highest BCUT2D eigenvalue weighted by molar-refractivity contribution is 5.53. The van der Waals surface area contributed by atoms with E-state index in [0.717, 1.165) is 4.90 Å². The van der Waals surface area contributed by atoms with Crippen molar-refractivity contribution in [3.05, 3.63) is 29.6 Å². The molecule has 2 nitrogen and oxygen atoms in total. The van der Waals surface area contributed by atoms with Crippen LogP contribution in [-0.2, 0) is 6.54 Å². The minimum Gasteiger partial charge on any atom is -0.365 e. The fraction of sp³-hybridized carbons (Fsp3) is 0.538. The Bertz CT molecular complexity index is 416. The molecule has 1 N–H and O–H groups in total. The van der Waals surface area contributed by atoms with Crippen LogP contribution in [0, 0.1) is 5.82 Å². The minimum atomic E-state index is -4.29. The molecule has 1 aromatic carbocycles. The first-order valence-corrected chi connectivity index (χ1v) is 5.99. The Morgan fingerprint density at radius 2 is 1.89 bits per heavy atom. The van der Waals surface area contributed by atoms with E-state index in [2.05, 4.69) is 5.32 Å². The second-order valence-electron chi connectivity index (χ2n) is 4.78. The van der Waals surface area contributed by atoms with Crippen molar-refractivity contribution >= 4 is 5.69 Å². The van der Waals surface area contributed by atoms with Gasteiger partial charge in [-0.3, -0.25) is 0 Å². The number of anilines is 1. The van der Waals surface area contributed by atoms with Gasteiger partial charge in [-0.2, -0.15) is 13.2 Å². The topological polar surface area (TPSA) is 15.3 Å². The van der Waals surface area contributed by atoms with Crippen LogP contribution in [0.5, 0.6) is 0 Å². The van der Waals surface area contributed by atoms with Crippen molar-refractivity contribution in [3.63, 3.8) is 0 Å². The summed E-state index contributed by atoms with van der Waals surface area (Å²) in [5.74, 6) is -0.454. The third-order valence-electron chi connectivity index (χ3n) is 2.57. The Kier molecular flexibility index (Phi) is 5.17. The Hall–Kier alpha value is -1.30. The fourth-order valence-electron chi connectivity index (χ4n) is 1.74. The van der Waals surface area contributed by atoms with E-state index in [0.29, 0.717) is 17.8 Å². The molecule has 0 saturated heterocycles. The van der Waals surface area contributed by atoms with Gasteiger partial charge in [0.25, 0.3) is 0 Å². The standard InChI is InChI=1S/C13H18F4N2/c1-9(2)18-7-10-6-11(14)4-5-12(10)19(3)8-13(15,16)17/h4-6,9,18H,7-8H2,1-3H3. The molecule has 0 aliphatic rings. The summed E-state index contributed by atoms with van der Waals surface area (Å²) >= 11 is 0. The van der Waals surface area contributed by atoms with Crippen LogP contribution in [0.4, 0.5) is 23.2 Å². The molecule has 0 fully saturated rings. The zero-order valence-corrected chi connectivity index (χ0v) is 11.2. The first kappa shape index (κ1) is 15.8. The zero-order chi connectivity index (χ0) is 14.6. The Morgan fingerprint density at radius 1 is 1.26 bits per heavy atom. The molecule has 0 atom stereocenters. The second kappa shape index (κ2) is 6.23. The number of nitrogens with zero attached hydrogens (tertiary/aromatic N) is 1. The molecule has 0 amide bonds. The van der Waals surface area contributed by atoms with Gasteiger partial charge in [-0.15, -0.1) is 0 Å². The van der Waals surface area contributed by atoms with Gasteiger partial charge < -0.3 is 10.2 Å². The highest BCUT2D eigenvalue weighted by Crippen LogP contribution is 2.25. The van der Waals surface area contributed by atoms with E-state index < -0.39 is 18.5 Å². The summed E-state index contributed by atoms with van der Waals surface area (Å²) in [6.45, 7) is 3.09. The molecule has 0 aliphatic heterocycles. The quantitative estimate of drug-likeness (QED) is 0.831. The van der Waals surface area contributed by atoms with E-state index in [-0.39, 0.29) is 6.04 Å². The molecule has 0 saturated carbocycles. The summed E-state index contributed by atoms with van der Waals surface area (Å²) in [5.41, 5.74) is 0.896. The smallest absolute Gasteiger partial charge is 0.365 e. The van der Waals surface area contributed by atoms with Crippen molar-refractivity contribution in [2.24, 2.45) is 0 Å². The molecular weight excluding hydrogens is 260 g/mol. The van der Waals surface area contributed by atoms with Gasteiger partial charge in [-0.25, -0.2) is 4.39 Å². The Labute approximate surface area is 110 Å². The highest BCUT2D eigenvalue weighted by atomic mass is 19.4. The highest BCUT2D eigenvalue weighted by Gasteiger charge is 2.30. The number of halogens is 4. The van der Waals surface area contributed by atoms with Crippen LogP contribution in [0.1, 0.15) is 19.4 Å². The van der Waals surface area contributed by atoms with Crippen LogP contribution in [-0.4, -0.2) is 25.8 Å². The molecule has 6 heteroatoms. The van der Waals surface area contributed by atoms with Crippen molar-refractivity contribution in [3.8, 4) is 0 Å². The zero-order valence-electron chi connectivity index (χ0n) is 11.2. The summed E-state index contributed by atoms with van der Waals surface area (Å²) in [6, 6.07) is 3.97. The van der Waals surface area contributed by atoms with E-state index in [1.807, 2.05) is 13.8 Å². The van der Waals surface area contributed by atoms with Crippen LogP contribution in [0.15, 0.2) is 18.2 Å². The Morgan fingerprint density at radius 3 is 2.42 bits per heavy atom. The SMILES string of the molecule is CC(C)NCc1cc(F)ccc1N(C)CC(F)(F)F. The van der Waals surface area contributed by atoms with Crippen molar-refractivity contribution in [1.82, 2.24) is 5.32 Å². The van der Waals surface area contributed by atoms with Crippen molar-refractivity contribution in [2.75, 3.05) is 18.5 Å². The summed E-state index contributed by atoms with van der Waals surface area (Å²) in [7, 11) is 1.35. The number of alkyl halides is 3. The average molecular weight is 278 g/mol. The van der Waals surface area contributed by atoms with Crippen LogP contribution < -0.4 is 10.2 Å². The van der Waals surface area contributed by atoms with Gasteiger partial charge in [0.2, 0.25) is 0 Å². The van der Waals surface area contributed by atoms with E-state index in [1.54, 1.807) is 0 Å². The number of benzene rings is 1. The van der Waals surface area contributed by atoms with Crippen LogP contribution >= 0.6 is 0 Å². The molecule has 0 aromatic heterocycles. The predicted octanol–water partition coefficient (Wildman–Crippen LogP) is 3.32. The van der Waals surface area contributed by atoms with Gasteiger partial charge in [-0.1, -0.05) is 13.8 Å². The molecule has 0 heterocycles. The van der Waals surface area contributed by atoms with Gasteiger partial charge >= 0.3 is 6.18 Å². The number of hydrogen-bond donors (Lipinski definition) is 1. The first-order valence-electron chi connectivity index (χ1n) is 5.99. The van der Waals surface area contributed by atoms with E-state index >= 15 is 0 Å². The van der Waals surface area contributed by atoms with Crippen LogP contribution in [0.25, 0.3) is 0 Å². The van der Waals surface area contributed by atoms with Gasteiger partial charge in [0, 0.05) is 25.3 Å². The molecule has 1 rings (SSSR count). The summed E-state index contributed by atoms with van der Waals surface area (Å²) in [5, 5.41) is 3.07.